The fourth-order valence-corrected chi connectivity index (χ4v) is 1.77. The first-order chi connectivity index (χ1) is 6.90. The molecule has 0 spiro atoms. The lowest BCUT2D eigenvalue weighted by Gasteiger charge is -2.26. The predicted octanol–water partition coefficient (Wildman–Crippen LogP) is -0.713. The van der Waals surface area contributed by atoms with Crippen molar-refractivity contribution >= 4 is 10.1 Å². The molecule has 6 nitrogen and oxygen atoms in total. The summed E-state index contributed by atoms with van der Waals surface area (Å²) < 4.78 is 29.4. The van der Waals surface area contributed by atoms with Crippen LogP contribution in [0.1, 0.15) is 19.8 Å². The van der Waals surface area contributed by atoms with Crippen molar-refractivity contribution in [3.05, 3.63) is 0 Å². The van der Waals surface area contributed by atoms with Crippen LogP contribution in [0.25, 0.3) is 0 Å². The molecule has 0 aromatic carbocycles. The Morgan fingerprint density at radius 3 is 2.33 bits per heavy atom. The molecular weight excluding hydrogens is 222 g/mol. The van der Waals surface area contributed by atoms with Gasteiger partial charge in [0.05, 0.1) is 12.4 Å². The van der Waals surface area contributed by atoms with Crippen molar-refractivity contribution in [1.29, 1.82) is 0 Å². The van der Waals surface area contributed by atoms with Gasteiger partial charge in [-0.3, -0.25) is 9.45 Å². The van der Waals surface area contributed by atoms with Crippen LogP contribution in [0.15, 0.2) is 0 Å². The molecule has 0 saturated heterocycles. The van der Waals surface area contributed by atoms with E-state index in [9.17, 15) is 13.5 Å². The summed E-state index contributed by atoms with van der Waals surface area (Å²) in [5.41, 5.74) is 0. The minimum Gasteiger partial charge on any atom is -0.395 e. The Hall–Kier alpha value is -0.210. The number of aliphatic hydroxyl groups excluding tert-OH is 2. The number of hydrogen-bond acceptors (Lipinski definition) is 5. The topological polar surface area (TPSA) is 98.1 Å². The fraction of sp³-hybridized carbons (Fsp3) is 1.00. The van der Waals surface area contributed by atoms with Crippen LogP contribution in [0.2, 0.25) is 0 Å². The minimum absolute atomic E-state index is 0.0567. The van der Waals surface area contributed by atoms with Crippen LogP contribution in [0.3, 0.4) is 0 Å². The van der Waals surface area contributed by atoms with Crippen LogP contribution < -0.4 is 0 Å². The summed E-state index contributed by atoms with van der Waals surface area (Å²) in [4.78, 5) is 1.57. The largest absolute Gasteiger partial charge is 0.395 e. The van der Waals surface area contributed by atoms with E-state index in [2.05, 4.69) is 0 Å². The minimum atomic E-state index is -4.03. The van der Waals surface area contributed by atoms with Gasteiger partial charge in [0.25, 0.3) is 10.1 Å². The lowest BCUT2D eigenvalue weighted by molar-refractivity contribution is -0.00729. The third-order valence-electron chi connectivity index (χ3n) is 1.95. The Balaban J connectivity index is 4.07. The molecule has 1 unspecified atom stereocenters. The van der Waals surface area contributed by atoms with Gasteiger partial charge in [-0.05, 0) is 6.42 Å². The summed E-state index contributed by atoms with van der Waals surface area (Å²) in [6.07, 6.45) is -0.207. The molecule has 7 heteroatoms. The van der Waals surface area contributed by atoms with Crippen molar-refractivity contribution < 1.29 is 23.2 Å². The average molecular weight is 241 g/mol. The Bertz CT molecular complexity index is 248. The van der Waals surface area contributed by atoms with Gasteiger partial charge >= 0.3 is 0 Å². The molecule has 3 N–H and O–H groups in total. The fourth-order valence-electron chi connectivity index (χ4n) is 1.26. The van der Waals surface area contributed by atoms with Crippen LogP contribution in [0.4, 0.5) is 0 Å². The van der Waals surface area contributed by atoms with Crippen molar-refractivity contribution in [2.45, 2.75) is 26.0 Å². The standard InChI is InChI=1S/C8H19NO5S/c1-2-4-9(5-6-10)8(11)3-7-15(12,13)14/h8,10-11H,2-7H2,1H3,(H,12,13,14). The Labute approximate surface area is 90.3 Å². The number of aliphatic hydroxyl groups is 2. The molecule has 0 saturated carbocycles. The molecular formula is C8H19NO5S. The second-order valence-corrected chi connectivity index (χ2v) is 4.89. The molecule has 0 aliphatic rings. The van der Waals surface area contributed by atoms with Crippen LogP contribution in [0.5, 0.6) is 0 Å². The molecule has 0 rings (SSSR count). The zero-order valence-electron chi connectivity index (χ0n) is 8.83. The molecule has 92 valence electrons. The molecule has 0 amide bonds. The van der Waals surface area contributed by atoms with Crippen LogP contribution in [0, 0.1) is 0 Å². The van der Waals surface area contributed by atoms with E-state index in [0.717, 1.165) is 6.42 Å². The normalized spacial score (nSPS) is 14.5. The first-order valence-corrected chi connectivity index (χ1v) is 6.49. The molecule has 0 aromatic heterocycles. The number of nitrogens with zero attached hydrogens (tertiary/aromatic N) is 1. The average Bonchev–Trinajstić information content (AvgIpc) is 2.13. The summed E-state index contributed by atoms with van der Waals surface area (Å²) in [5, 5.41) is 18.3. The maximum Gasteiger partial charge on any atom is 0.265 e. The van der Waals surface area contributed by atoms with Gasteiger partial charge in [0.2, 0.25) is 0 Å². The SMILES string of the molecule is CCCN(CCO)C(O)CCS(=O)(=O)O. The zero-order valence-corrected chi connectivity index (χ0v) is 9.65. The maximum absolute atomic E-state index is 10.5. The van der Waals surface area contributed by atoms with Crippen molar-refractivity contribution in [1.82, 2.24) is 4.90 Å². The van der Waals surface area contributed by atoms with Crippen LogP contribution >= 0.6 is 0 Å². The van der Waals surface area contributed by atoms with Crippen molar-refractivity contribution in [2.75, 3.05) is 25.4 Å². The number of hydrogen-bond donors (Lipinski definition) is 3. The maximum atomic E-state index is 10.5. The van der Waals surface area contributed by atoms with Gasteiger partial charge in [-0.15, -0.1) is 0 Å². The van der Waals surface area contributed by atoms with Crippen molar-refractivity contribution in [3.63, 3.8) is 0 Å². The predicted molar refractivity (Wildman–Crippen MR) is 56.0 cm³/mol. The zero-order chi connectivity index (χ0) is 11.9. The smallest absolute Gasteiger partial charge is 0.265 e. The van der Waals surface area contributed by atoms with Gasteiger partial charge < -0.3 is 10.2 Å². The van der Waals surface area contributed by atoms with E-state index in [4.69, 9.17) is 9.66 Å². The molecule has 15 heavy (non-hydrogen) atoms. The molecule has 0 aliphatic carbocycles. The third-order valence-corrected chi connectivity index (χ3v) is 2.71. The first kappa shape index (κ1) is 14.8. The monoisotopic (exact) mass is 241 g/mol. The van der Waals surface area contributed by atoms with Gasteiger partial charge in [-0.1, -0.05) is 6.92 Å². The second kappa shape index (κ2) is 7.13. The molecule has 0 fully saturated rings. The van der Waals surface area contributed by atoms with E-state index in [-0.39, 0.29) is 13.0 Å². The molecule has 0 bridgehead atoms. The summed E-state index contributed by atoms with van der Waals surface area (Å²) in [7, 11) is -4.03. The lowest BCUT2D eigenvalue weighted by Crippen LogP contribution is -2.39. The van der Waals surface area contributed by atoms with E-state index in [1.807, 2.05) is 6.92 Å². The van der Waals surface area contributed by atoms with Gasteiger partial charge in [-0.25, -0.2) is 0 Å². The summed E-state index contributed by atoms with van der Waals surface area (Å²) in [5.74, 6) is -0.472. The highest BCUT2D eigenvalue weighted by molar-refractivity contribution is 7.85. The molecule has 0 heterocycles. The van der Waals surface area contributed by atoms with E-state index in [1.165, 1.54) is 0 Å². The highest BCUT2D eigenvalue weighted by atomic mass is 32.2. The van der Waals surface area contributed by atoms with Gasteiger partial charge in [0, 0.05) is 19.5 Å². The third kappa shape index (κ3) is 7.69. The van der Waals surface area contributed by atoms with Crippen molar-refractivity contribution in [2.24, 2.45) is 0 Å². The molecule has 0 aliphatic heterocycles. The quantitative estimate of drug-likeness (QED) is 0.383. The van der Waals surface area contributed by atoms with Gasteiger partial charge in [0.1, 0.15) is 6.23 Å². The van der Waals surface area contributed by atoms with Crippen LogP contribution in [-0.4, -0.2) is 59.8 Å². The van der Waals surface area contributed by atoms with Gasteiger partial charge in [0.15, 0.2) is 0 Å². The van der Waals surface area contributed by atoms with Crippen LogP contribution in [-0.2, 0) is 10.1 Å². The number of rotatable bonds is 8. The Morgan fingerprint density at radius 1 is 1.33 bits per heavy atom. The highest BCUT2D eigenvalue weighted by Crippen LogP contribution is 2.03. The highest BCUT2D eigenvalue weighted by Gasteiger charge is 2.16. The van der Waals surface area contributed by atoms with E-state index < -0.39 is 22.1 Å². The summed E-state index contributed by atoms with van der Waals surface area (Å²) in [6, 6.07) is 0. The van der Waals surface area contributed by atoms with Gasteiger partial charge in [-0.2, -0.15) is 8.42 Å². The Morgan fingerprint density at radius 2 is 1.93 bits per heavy atom. The molecule has 0 aromatic rings. The Kier molecular flexibility index (Phi) is 7.03. The van der Waals surface area contributed by atoms with E-state index >= 15 is 0 Å². The van der Waals surface area contributed by atoms with E-state index in [0.29, 0.717) is 13.1 Å². The summed E-state index contributed by atoms with van der Waals surface area (Å²) in [6.45, 7) is 2.69. The summed E-state index contributed by atoms with van der Waals surface area (Å²) >= 11 is 0. The van der Waals surface area contributed by atoms with Crippen molar-refractivity contribution in [3.8, 4) is 0 Å². The first-order valence-electron chi connectivity index (χ1n) is 4.89. The van der Waals surface area contributed by atoms with E-state index in [1.54, 1.807) is 4.90 Å². The molecule has 1 atom stereocenters. The second-order valence-electron chi connectivity index (χ2n) is 3.31. The lowest BCUT2D eigenvalue weighted by atomic mass is 10.3. The molecule has 0 radical (unpaired) electrons.